The molecule has 2 N–H and O–H groups in total. The van der Waals surface area contributed by atoms with E-state index >= 15 is 0 Å². The molecule has 0 aliphatic heterocycles. The average Bonchev–Trinajstić information content (AvgIpc) is 2.23. The summed E-state index contributed by atoms with van der Waals surface area (Å²) in [4.78, 5) is 0. The number of ether oxygens (including phenoxy) is 1. The van der Waals surface area contributed by atoms with Gasteiger partial charge in [0, 0.05) is 6.61 Å². The maximum Gasteiger partial charge on any atom is 0.108 e. The maximum absolute atomic E-state index is 5.92. The fourth-order valence-electron chi connectivity index (χ4n) is 1.71. The third-order valence-corrected chi connectivity index (χ3v) is 2.86. The summed E-state index contributed by atoms with van der Waals surface area (Å²) >= 11 is 0. The Balaban J connectivity index is 3.26. The molecular weight excluding hydrogens is 186 g/mol. The molecule has 0 aromatic heterocycles. The van der Waals surface area contributed by atoms with Gasteiger partial charge in [0.1, 0.15) is 6.23 Å². The highest BCUT2D eigenvalue weighted by Crippen LogP contribution is 2.10. The molecular formula is C13H29NO. The first-order valence-electron chi connectivity index (χ1n) is 6.59. The third-order valence-electron chi connectivity index (χ3n) is 2.86. The Morgan fingerprint density at radius 2 is 1.67 bits per heavy atom. The third kappa shape index (κ3) is 8.88. The lowest BCUT2D eigenvalue weighted by Gasteiger charge is -2.19. The lowest BCUT2D eigenvalue weighted by atomic mass is 10.1. The molecule has 2 atom stereocenters. The van der Waals surface area contributed by atoms with Crippen molar-refractivity contribution in [3.05, 3.63) is 0 Å². The lowest BCUT2D eigenvalue weighted by molar-refractivity contribution is 0.0170. The van der Waals surface area contributed by atoms with Gasteiger partial charge in [-0.2, -0.15) is 0 Å². The lowest BCUT2D eigenvalue weighted by Crippen LogP contribution is -2.31. The Hall–Kier alpha value is -0.0800. The molecule has 0 spiro atoms. The first-order chi connectivity index (χ1) is 7.22. The minimum absolute atomic E-state index is 0.0591. The predicted molar refractivity (Wildman–Crippen MR) is 66.8 cm³/mol. The molecule has 0 radical (unpaired) electrons. The quantitative estimate of drug-likeness (QED) is 0.445. The zero-order valence-electron chi connectivity index (χ0n) is 10.8. The maximum atomic E-state index is 5.92. The highest BCUT2D eigenvalue weighted by Gasteiger charge is 2.11. The number of rotatable bonds is 10. The van der Waals surface area contributed by atoms with Crippen molar-refractivity contribution in [1.82, 2.24) is 0 Å². The van der Waals surface area contributed by atoms with Crippen LogP contribution in [0.2, 0.25) is 0 Å². The van der Waals surface area contributed by atoms with Gasteiger partial charge in [-0.05, 0) is 18.8 Å². The number of nitrogens with two attached hydrogens (primary N) is 1. The van der Waals surface area contributed by atoms with E-state index in [1.54, 1.807) is 0 Å². The Labute approximate surface area is 95.6 Å². The molecule has 2 heteroatoms. The minimum Gasteiger partial charge on any atom is -0.363 e. The molecule has 0 saturated heterocycles. The summed E-state index contributed by atoms with van der Waals surface area (Å²) in [6, 6.07) is 0. The van der Waals surface area contributed by atoms with E-state index in [0.717, 1.165) is 19.4 Å². The number of unbranched alkanes of at least 4 members (excludes halogenated alkanes) is 4. The van der Waals surface area contributed by atoms with Gasteiger partial charge in [0.15, 0.2) is 0 Å². The van der Waals surface area contributed by atoms with Gasteiger partial charge in [-0.1, -0.05) is 52.9 Å². The zero-order chi connectivity index (χ0) is 11.5. The van der Waals surface area contributed by atoms with Crippen LogP contribution < -0.4 is 5.73 Å². The summed E-state index contributed by atoms with van der Waals surface area (Å²) < 4.78 is 5.61. The molecule has 92 valence electrons. The Morgan fingerprint density at radius 3 is 2.27 bits per heavy atom. The minimum atomic E-state index is -0.0591. The van der Waals surface area contributed by atoms with E-state index < -0.39 is 0 Å². The summed E-state index contributed by atoms with van der Waals surface area (Å²) in [7, 11) is 0. The van der Waals surface area contributed by atoms with E-state index in [0.29, 0.717) is 5.92 Å². The smallest absolute Gasteiger partial charge is 0.108 e. The van der Waals surface area contributed by atoms with Crippen molar-refractivity contribution >= 4 is 0 Å². The topological polar surface area (TPSA) is 35.2 Å². The summed E-state index contributed by atoms with van der Waals surface area (Å²) in [5.74, 6) is 0.491. The molecule has 0 aliphatic rings. The van der Waals surface area contributed by atoms with Crippen LogP contribution in [0, 0.1) is 5.92 Å². The van der Waals surface area contributed by atoms with Crippen molar-refractivity contribution in [3.63, 3.8) is 0 Å². The molecule has 0 aliphatic carbocycles. The van der Waals surface area contributed by atoms with Gasteiger partial charge in [0.2, 0.25) is 0 Å². The van der Waals surface area contributed by atoms with E-state index in [-0.39, 0.29) is 6.23 Å². The summed E-state index contributed by atoms with van der Waals surface area (Å²) in [6.07, 6.45) is 8.71. The standard InChI is InChI=1S/C13H29NO/c1-4-6-7-8-9-11-15-13(14)12(3)10-5-2/h12-13H,4-11,14H2,1-3H3. The van der Waals surface area contributed by atoms with Crippen molar-refractivity contribution in [2.75, 3.05) is 6.61 Å². The van der Waals surface area contributed by atoms with E-state index in [9.17, 15) is 0 Å². The Morgan fingerprint density at radius 1 is 1.00 bits per heavy atom. The SMILES string of the molecule is CCCCCCCOC(N)C(C)CCC. The summed E-state index contributed by atoms with van der Waals surface area (Å²) in [5.41, 5.74) is 5.92. The van der Waals surface area contributed by atoms with Crippen LogP contribution in [0.15, 0.2) is 0 Å². The van der Waals surface area contributed by atoms with Crippen molar-refractivity contribution < 1.29 is 4.74 Å². The van der Waals surface area contributed by atoms with Crippen LogP contribution in [-0.2, 0) is 4.74 Å². The molecule has 15 heavy (non-hydrogen) atoms. The fraction of sp³-hybridized carbons (Fsp3) is 1.00. The Bertz CT molecular complexity index is 128. The highest BCUT2D eigenvalue weighted by molar-refractivity contribution is 4.59. The number of hydrogen-bond donors (Lipinski definition) is 1. The van der Waals surface area contributed by atoms with Gasteiger partial charge >= 0.3 is 0 Å². The molecule has 0 amide bonds. The van der Waals surface area contributed by atoms with Crippen LogP contribution in [-0.4, -0.2) is 12.8 Å². The van der Waals surface area contributed by atoms with Crippen LogP contribution >= 0.6 is 0 Å². The van der Waals surface area contributed by atoms with Crippen molar-refractivity contribution in [2.24, 2.45) is 11.7 Å². The van der Waals surface area contributed by atoms with Crippen LogP contribution in [0.1, 0.15) is 65.7 Å². The molecule has 0 aromatic carbocycles. The predicted octanol–water partition coefficient (Wildman–Crippen LogP) is 3.69. The Kier molecular flexibility index (Phi) is 10.4. The van der Waals surface area contributed by atoms with Crippen LogP contribution in [0.3, 0.4) is 0 Å². The fourth-order valence-corrected chi connectivity index (χ4v) is 1.71. The molecule has 0 saturated carbocycles. The monoisotopic (exact) mass is 215 g/mol. The van der Waals surface area contributed by atoms with Crippen molar-refractivity contribution in [3.8, 4) is 0 Å². The van der Waals surface area contributed by atoms with Crippen molar-refractivity contribution in [1.29, 1.82) is 0 Å². The first kappa shape index (κ1) is 14.9. The molecule has 0 heterocycles. The van der Waals surface area contributed by atoms with E-state index in [1.807, 2.05) is 0 Å². The van der Waals surface area contributed by atoms with E-state index in [2.05, 4.69) is 20.8 Å². The molecule has 2 unspecified atom stereocenters. The zero-order valence-corrected chi connectivity index (χ0v) is 10.8. The largest absolute Gasteiger partial charge is 0.363 e. The van der Waals surface area contributed by atoms with Crippen LogP contribution in [0.25, 0.3) is 0 Å². The van der Waals surface area contributed by atoms with Crippen molar-refractivity contribution in [2.45, 2.75) is 71.9 Å². The van der Waals surface area contributed by atoms with Gasteiger partial charge in [-0.25, -0.2) is 0 Å². The second kappa shape index (κ2) is 10.4. The molecule has 2 nitrogen and oxygen atoms in total. The second-order valence-corrected chi connectivity index (χ2v) is 4.52. The number of hydrogen-bond acceptors (Lipinski definition) is 2. The van der Waals surface area contributed by atoms with Crippen LogP contribution in [0.4, 0.5) is 0 Å². The van der Waals surface area contributed by atoms with Crippen LogP contribution in [0.5, 0.6) is 0 Å². The highest BCUT2D eigenvalue weighted by atomic mass is 16.5. The molecule has 0 aromatic rings. The average molecular weight is 215 g/mol. The molecule has 0 fully saturated rings. The van der Waals surface area contributed by atoms with Gasteiger partial charge in [0.05, 0.1) is 0 Å². The summed E-state index contributed by atoms with van der Waals surface area (Å²) in [5, 5.41) is 0. The van der Waals surface area contributed by atoms with E-state index in [4.69, 9.17) is 10.5 Å². The second-order valence-electron chi connectivity index (χ2n) is 4.52. The van der Waals surface area contributed by atoms with E-state index in [1.165, 1.54) is 32.1 Å². The molecule has 0 rings (SSSR count). The van der Waals surface area contributed by atoms with Gasteiger partial charge in [-0.15, -0.1) is 0 Å². The summed E-state index contributed by atoms with van der Waals surface area (Å²) in [6.45, 7) is 7.43. The normalized spacial score (nSPS) is 15.2. The molecule has 0 bridgehead atoms. The van der Waals surface area contributed by atoms with Gasteiger partial charge < -0.3 is 10.5 Å². The van der Waals surface area contributed by atoms with Gasteiger partial charge in [0.25, 0.3) is 0 Å². The first-order valence-corrected chi connectivity index (χ1v) is 6.59. The van der Waals surface area contributed by atoms with Gasteiger partial charge in [-0.3, -0.25) is 0 Å².